The van der Waals surface area contributed by atoms with Crippen LogP contribution in [-0.2, 0) is 6.42 Å². The monoisotopic (exact) mass is 241 g/mol. The van der Waals surface area contributed by atoms with E-state index in [2.05, 4.69) is 4.98 Å². The largest absolute Gasteiger partial charge is 0.507 e. The molecular formula is C15H15NO2. The number of pyridine rings is 1. The lowest BCUT2D eigenvalue weighted by Gasteiger charge is -2.05. The van der Waals surface area contributed by atoms with E-state index in [4.69, 9.17) is 0 Å². The summed E-state index contributed by atoms with van der Waals surface area (Å²) in [5.74, 6) is -0.00604. The molecular weight excluding hydrogens is 226 g/mol. The molecule has 1 aromatic heterocycles. The molecule has 0 fully saturated rings. The Kier molecular flexibility index (Phi) is 3.72. The van der Waals surface area contributed by atoms with Crippen molar-refractivity contribution in [3.63, 3.8) is 0 Å². The summed E-state index contributed by atoms with van der Waals surface area (Å²) >= 11 is 0. The highest BCUT2D eigenvalue weighted by molar-refractivity contribution is 5.98. The second-order valence-electron chi connectivity index (χ2n) is 4.26. The molecule has 2 rings (SSSR count). The molecule has 0 amide bonds. The fourth-order valence-electron chi connectivity index (χ4n) is 1.80. The van der Waals surface area contributed by atoms with E-state index in [1.807, 2.05) is 25.1 Å². The fraction of sp³-hybridized carbons (Fsp3) is 0.200. The number of benzene rings is 1. The third kappa shape index (κ3) is 2.94. The van der Waals surface area contributed by atoms with Gasteiger partial charge in [-0.15, -0.1) is 0 Å². The van der Waals surface area contributed by atoms with Crippen LogP contribution in [0.15, 0.2) is 42.6 Å². The second-order valence-corrected chi connectivity index (χ2v) is 4.26. The highest BCUT2D eigenvalue weighted by Crippen LogP contribution is 2.20. The molecule has 0 atom stereocenters. The quantitative estimate of drug-likeness (QED) is 0.837. The van der Waals surface area contributed by atoms with Crippen LogP contribution in [0.2, 0.25) is 0 Å². The van der Waals surface area contributed by atoms with Crippen LogP contribution in [0, 0.1) is 6.92 Å². The predicted octanol–water partition coefficient (Wildman–Crippen LogP) is 2.91. The van der Waals surface area contributed by atoms with Crippen LogP contribution in [-0.4, -0.2) is 15.9 Å². The van der Waals surface area contributed by atoms with Gasteiger partial charge in [0.05, 0.1) is 5.56 Å². The maximum absolute atomic E-state index is 12.0. The summed E-state index contributed by atoms with van der Waals surface area (Å²) in [6, 6.07) is 10.7. The molecule has 0 aliphatic heterocycles. The number of aromatic nitrogens is 1. The van der Waals surface area contributed by atoms with Crippen LogP contribution in [0.5, 0.6) is 5.75 Å². The zero-order valence-electron chi connectivity index (χ0n) is 10.3. The van der Waals surface area contributed by atoms with Crippen LogP contribution in [0.4, 0.5) is 0 Å². The number of carbonyl (C=O) groups is 1. The highest BCUT2D eigenvalue weighted by Gasteiger charge is 2.11. The van der Waals surface area contributed by atoms with E-state index in [1.54, 1.807) is 24.4 Å². The van der Waals surface area contributed by atoms with Gasteiger partial charge in [0.1, 0.15) is 5.75 Å². The first-order valence-electron chi connectivity index (χ1n) is 5.89. The Morgan fingerprint density at radius 3 is 2.83 bits per heavy atom. The first kappa shape index (κ1) is 12.3. The molecule has 2 aromatic rings. The van der Waals surface area contributed by atoms with Crippen molar-refractivity contribution in [1.82, 2.24) is 4.98 Å². The predicted molar refractivity (Wildman–Crippen MR) is 69.7 cm³/mol. The van der Waals surface area contributed by atoms with Crippen LogP contribution in [0.1, 0.15) is 28.0 Å². The van der Waals surface area contributed by atoms with E-state index in [0.717, 1.165) is 11.3 Å². The Hall–Kier alpha value is -2.16. The Balaban J connectivity index is 2.06. The maximum Gasteiger partial charge on any atom is 0.166 e. The van der Waals surface area contributed by atoms with Crippen LogP contribution < -0.4 is 0 Å². The first-order valence-corrected chi connectivity index (χ1v) is 5.89. The number of carbonyl (C=O) groups excluding carboxylic acids is 1. The van der Waals surface area contributed by atoms with E-state index >= 15 is 0 Å². The highest BCUT2D eigenvalue weighted by atomic mass is 16.3. The number of hydrogen-bond acceptors (Lipinski definition) is 3. The van der Waals surface area contributed by atoms with Crippen molar-refractivity contribution in [2.75, 3.05) is 0 Å². The number of ketones is 1. The molecule has 0 saturated heterocycles. The molecule has 18 heavy (non-hydrogen) atoms. The molecule has 0 aliphatic carbocycles. The van der Waals surface area contributed by atoms with E-state index in [-0.39, 0.29) is 11.5 Å². The van der Waals surface area contributed by atoms with Crippen LogP contribution >= 0.6 is 0 Å². The summed E-state index contributed by atoms with van der Waals surface area (Å²) in [4.78, 5) is 16.2. The number of phenols is 1. The minimum atomic E-state index is -0.0538. The van der Waals surface area contributed by atoms with Gasteiger partial charge >= 0.3 is 0 Å². The second kappa shape index (κ2) is 5.45. The van der Waals surface area contributed by atoms with Crippen LogP contribution in [0.25, 0.3) is 0 Å². The Bertz CT molecular complexity index is 550. The number of aromatic hydroxyl groups is 1. The van der Waals surface area contributed by atoms with Gasteiger partial charge in [-0.3, -0.25) is 9.78 Å². The van der Waals surface area contributed by atoms with E-state index in [0.29, 0.717) is 18.4 Å². The fourth-order valence-corrected chi connectivity index (χ4v) is 1.80. The van der Waals surface area contributed by atoms with Gasteiger partial charge in [-0.1, -0.05) is 17.7 Å². The third-order valence-electron chi connectivity index (χ3n) is 2.79. The van der Waals surface area contributed by atoms with Crippen LogP contribution in [0.3, 0.4) is 0 Å². The number of Topliss-reactive ketones (excluding diaryl/α,β-unsaturated/α-hetero) is 1. The molecule has 1 N–H and O–H groups in total. The standard InChI is InChI=1S/C15H15NO2/c1-11-5-7-14(17)13(10-11)15(18)8-6-12-4-2-3-9-16-12/h2-5,7,9-10,17H,6,8H2,1H3. The van der Waals surface area contributed by atoms with Crippen molar-refractivity contribution in [3.8, 4) is 5.75 Å². The lowest BCUT2D eigenvalue weighted by molar-refractivity contribution is 0.0980. The van der Waals surface area contributed by atoms with Crippen molar-refractivity contribution in [2.24, 2.45) is 0 Å². The molecule has 3 heteroatoms. The number of phenolic OH excluding ortho intramolecular Hbond substituents is 1. The Labute approximate surface area is 106 Å². The van der Waals surface area contributed by atoms with Gasteiger partial charge in [0.15, 0.2) is 5.78 Å². The van der Waals surface area contributed by atoms with Gasteiger partial charge in [-0.2, -0.15) is 0 Å². The van der Waals surface area contributed by atoms with E-state index in [9.17, 15) is 9.90 Å². The Morgan fingerprint density at radius 1 is 1.28 bits per heavy atom. The summed E-state index contributed by atoms with van der Waals surface area (Å²) in [7, 11) is 0. The number of nitrogens with zero attached hydrogens (tertiary/aromatic N) is 1. The van der Waals surface area contributed by atoms with Gasteiger partial charge in [0.25, 0.3) is 0 Å². The van der Waals surface area contributed by atoms with Crippen molar-refractivity contribution in [1.29, 1.82) is 0 Å². The number of rotatable bonds is 4. The normalized spacial score (nSPS) is 10.3. The SMILES string of the molecule is Cc1ccc(O)c(C(=O)CCc2ccccn2)c1. The van der Waals surface area contributed by atoms with Crippen molar-refractivity contribution in [2.45, 2.75) is 19.8 Å². The third-order valence-corrected chi connectivity index (χ3v) is 2.79. The molecule has 0 unspecified atom stereocenters. The number of aryl methyl sites for hydroxylation is 2. The summed E-state index contributed by atoms with van der Waals surface area (Å²) in [6.07, 6.45) is 2.66. The molecule has 1 aromatic carbocycles. The van der Waals surface area contributed by atoms with Gasteiger partial charge in [0, 0.05) is 18.3 Å². The molecule has 0 spiro atoms. The first-order chi connectivity index (χ1) is 8.66. The maximum atomic E-state index is 12.0. The molecule has 92 valence electrons. The zero-order valence-corrected chi connectivity index (χ0v) is 10.3. The smallest absolute Gasteiger partial charge is 0.166 e. The van der Waals surface area contributed by atoms with Crippen molar-refractivity contribution < 1.29 is 9.90 Å². The molecule has 0 radical (unpaired) electrons. The van der Waals surface area contributed by atoms with Gasteiger partial charge in [-0.05, 0) is 37.6 Å². The van der Waals surface area contributed by atoms with E-state index in [1.165, 1.54) is 0 Å². The molecule has 0 bridgehead atoms. The molecule has 1 heterocycles. The average molecular weight is 241 g/mol. The summed E-state index contributed by atoms with van der Waals surface area (Å²) in [6.45, 7) is 1.90. The summed E-state index contributed by atoms with van der Waals surface area (Å²) in [5.41, 5.74) is 2.25. The van der Waals surface area contributed by atoms with Crippen molar-refractivity contribution in [3.05, 3.63) is 59.4 Å². The lowest BCUT2D eigenvalue weighted by Crippen LogP contribution is -2.03. The minimum absolute atomic E-state index is 0.0478. The van der Waals surface area contributed by atoms with E-state index < -0.39 is 0 Å². The molecule has 3 nitrogen and oxygen atoms in total. The van der Waals surface area contributed by atoms with Gasteiger partial charge < -0.3 is 5.11 Å². The average Bonchev–Trinajstić information content (AvgIpc) is 2.40. The molecule has 0 saturated carbocycles. The van der Waals surface area contributed by atoms with Gasteiger partial charge in [-0.25, -0.2) is 0 Å². The molecule has 0 aliphatic rings. The zero-order chi connectivity index (χ0) is 13.0. The van der Waals surface area contributed by atoms with Crippen molar-refractivity contribution >= 4 is 5.78 Å². The minimum Gasteiger partial charge on any atom is -0.507 e. The summed E-state index contributed by atoms with van der Waals surface area (Å²) in [5, 5.41) is 9.67. The lowest BCUT2D eigenvalue weighted by atomic mass is 10.0. The number of hydrogen-bond donors (Lipinski definition) is 1. The Morgan fingerprint density at radius 2 is 2.11 bits per heavy atom. The van der Waals surface area contributed by atoms with Gasteiger partial charge in [0.2, 0.25) is 0 Å². The summed E-state index contributed by atoms with van der Waals surface area (Å²) < 4.78 is 0. The topological polar surface area (TPSA) is 50.2 Å².